The number of esters is 1. The van der Waals surface area contributed by atoms with E-state index in [1.165, 1.54) is 19.2 Å². The van der Waals surface area contributed by atoms with E-state index in [0.29, 0.717) is 35.2 Å². The molecule has 25 heavy (non-hydrogen) atoms. The summed E-state index contributed by atoms with van der Waals surface area (Å²) in [6.07, 6.45) is 1.85. The SMILES string of the molecule is COC(=O)C1=C(C)NC2=C(C(=O)CCC2)[C@H]1c1cccc([N+](=O)[O-])c1. The molecule has 1 atom stereocenters. The van der Waals surface area contributed by atoms with Gasteiger partial charge in [0, 0.05) is 41.4 Å². The van der Waals surface area contributed by atoms with E-state index >= 15 is 0 Å². The number of hydrogen-bond acceptors (Lipinski definition) is 6. The second kappa shape index (κ2) is 6.51. The van der Waals surface area contributed by atoms with Crippen molar-refractivity contribution in [1.29, 1.82) is 0 Å². The van der Waals surface area contributed by atoms with Crippen LogP contribution in [0.1, 0.15) is 37.7 Å². The first-order chi connectivity index (χ1) is 11.9. The number of allylic oxidation sites excluding steroid dienone is 3. The molecular formula is C18H18N2O5. The van der Waals surface area contributed by atoms with Gasteiger partial charge in [-0.25, -0.2) is 4.79 Å². The number of nitrogens with one attached hydrogen (secondary N) is 1. The van der Waals surface area contributed by atoms with Crippen molar-refractivity contribution in [3.05, 3.63) is 62.5 Å². The number of Topliss-reactive ketones (excluding diaryl/α,β-unsaturated/α-hetero) is 1. The average molecular weight is 342 g/mol. The van der Waals surface area contributed by atoms with Crippen molar-refractivity contribution in [2.75, 3.05) is 7.11 Å². The second-order valence-corrected chi connectivity index (χ2v) is 6.11. The molecule has 0 saturated heterocycles. The van der Waals surface area contributed by atoms with Gasteiger partial charge in [-0.15, -0.1) is 0 Å². The number of non-ortho nitro benzene ring substituents is 1. The Balaban J connectivity index is 2.21. The second-order valence-electron chi connectivity index (χ2n) is 6.11. The predicted molar refractivity (Wildman–Crippen MR) is 89.6 cm³/mol. The monoisotopic (exact) mass is 342 g/mol. The summed E-state index contributed by atoms with van der Waals surface area (Å²) in [7, 11) is 1.28. The minimum Gasteiger partial charge on any atom is -0.466 e. The maximum absolute atomic E-state index is 12.6. The van der Waals surface area contributed by atoms with Gasteiger partial charge in [0.2, 0.25) is 0 Å². The topological polar surface area (TPSA) is 98.5 Å². The van der Waals surface area contributed by atoms with Gasteiger partial charge in [0.1, 0.15) is 0 Å². The highest BCUT2D eigenvalue weighted by Gasteiger charge is 2.39. The van der Waals surface area contributed by atoms with Gasteiger partial charge in [-0.3, -0.25) is 14.9 Å². The van der Waals surface area contributed by atoms with Crippen LogP contribution in [0.5, 0.6) is 0 Å². The van der Waals surface area contributed by atoms with E-state index in [-0.39, 0.29) is 11.5 Å². The lowest BCUT2D eigenvalue weighted by molar-refractivity contribution is -0.384. The molecule has 0 fully saturated rings. The molecule has 1 N–H and O–H groups in total. The molecule has 130 valence electrons. The largest absolute Gasteiger partial charge is 0.466 e. The van der Waals surface area contributed by atoms with E-state index in [4.69, 9.17) is 4.74 Å². The Bertz CT molecular complexity index is 838. The number of nitro groups is 1. The van der Waals surface area contributed by atoms with E-state index in [2.05, 4.69) is 5.32 Å². The molecule has 1 heterocycles. The zero-order valence-corrected chi connectivity index (χ0v) is 14.0. The number of ketones is 1. The highest BCUT2D eigenvalue weighted by atomic mass is 16.6. The summed E-state index contributed by atoms with van der Waals surface area (Å²) in [5.41, 5.74) is 2.69. The molecule has 1 aromatic carbocycles. The fourth-order valence-electron chi connectivity index (χ4n) is 3.52. The van der Waals surface area contributed by atoms with E-state index in [0.717, 1.165) is 12.1 Å². The first-order valence-electron chi connectivity index (χ1n) is 8.00. The van der Waals surface area contributed by atoms with E-state index in [9.17, 15) is 19.7 Å². The van der Waals surface area contributed by atoms with Crippen LogP contribution >= 0.6 is 0 Å². The summed E-state index contributed by atoms with van der Waals surface area (Å²) in [4.78, 5) is 35.6. The summed E-state index contributed by atoms with van der Waals surface area (Å²) in [6.45, 7) is 1.75. The molecule has 2 aliphatic rings. The maximum atomic E-state index is 12.6. The summed E-state index contributed by atoms with van der Waals surface area (Å²) >= 11 is 0. The van der Waals surface area contributed by atoms with Crippen molar-refractivity contribution in [1.82, 2.24) is 5.32 Å². The maximum Gasteiger partial charge on any atom is 0.336 e. The lowest BCUT2D eigenvalue weighted by atomic mass is 9.75. The van der Waals surface area contributed by atoms with E-state index < -0.39 is 16.8 Å². The number of hydrogen-bond donors (Lipinski definition) is 1. The Morgan fingerprint density at radius 1 is 1.36 bits per heavy atom. The molecule has 0 spiro atoms. The lowest BCUT2D eigenvalue weighted by Gasteiger charge is -2.33. The van der Waals surface area contributed by atoms with Gasteiger partial charge in [0.05, 0.1) is 17.6 Å². The molecule has 7 heteroatoms. The molecule has 0 saturated carbocycles. The van der Waals surface area contributed by atoms with Crippen LogP contribution in [0.25, 0.3) is 0 Å². The van der Waals surface area contributed by atoms with Gasteiger partial charge >= 0.3 is 5.97 Å². The number of benzene rings is 1. The molecule has 0 bridgehead atoms. The quantitative estimate of drug-likeness (QED) is 0.515. The first kappa shape index (κ1) is 16.9. The third-order valence-corrected chi connectivity index (χ3v) is 4.60. The standard InChI is InChI=1S/C18H18N2O5/c1-10-15(18(22)25-2)16(11-5-3-6-12(9-11)20(23)24)17-13(19-10)7-4-8-14(17)21/h3,5-6,9,16,19H,4,7-8H2,1-2H3/t16-/m0/s1. The first-order valence-corrected chi connectivity index (χ1v) is 8.00. The number of carbonyl (C=O) groups excluding carboxylic acids is 2. The minimum absolute atomic E-state index is 0.0424. The Hall–Kier alpha value is -2.96. The van der Waals surface area contributed by atoms with Gasteiger partial charge in [-0.1, -0.05) is 12.1 Å². The summed E-state index contributed by atoms with van der Waals surface area (Å²) in [5.74, 6) is -1.25. The van der Waals surface area contributed by atoms with Crippen molar-refractivity contribution in [2.45, 2.75) is 32.1 Å². The fourth-order valence-corrected chi connectivity index (χ4v) is 3.52. The fraction of sp³-hybridized carbons (Fsp3) is 0.333. The van der Waals surface area contributed by atoms with Crippen molar-refractivity contribution in [2.24, 2.45) is 0 Å². The number of nitro benzene ring substituents is 1. The molecular weight excluding hydrogens is 324 g/mol. The average Bonchev–Trinajstić information content (AvgIpc) is 2.60. The lowest BCUT2D eigenvalue weighted by Crippen LogP contribution is -2.34. The summed E-state index contributed by atoms with van der Waals surface area (Å²) in [6, 6.07) is 6.06. The Morgan fingerprint density at radius 3 is 2.80 bits per heavy atom. The Kier molecular flexibility index (Phi) is 4.39. The Labute approximate surface area is 144 Å². The molecule has 1 aliphatic heterocycles. The van der Waals surface area contributed by atoms with Gasteiger partial charge < -0.3 is 10.1 Å². The Morgan fingerprint density at radius 2 is 2.12 bits per heavy atom. The smallest absolute Gasteiger partial charge is 0.336 e. The van der Waals surface area contributed by atoms with E-state index in [1.54, 1.807) is 19.1 Å². The third kappa shape index (κ3) is 2.93. The van der Waals surface area contributed by atoms with Gasteiger partial charge in [0.25, 0.3) is 5.69 Å². The van der Waals surface area contributed by atoms with Crippen LogP contribution in [-0.4, -0.2) is 23.8 Å². The van der Waals surface area contributed by atoms with Gasteiger partial charge in [-0.05, 0) is 25.3 Å². The van der Waals surface area contributed by atoms with Crippen molar-refractivity contribution < 1.29 is 19.2 Å². The van der Waals surface area contributed by atoms with Crippen LogP contribution in [0.2, 0.25) is 0 Å². The normalized spacial score (nSPS) is 20.1. The van der Waals surface area contributed by atoms with Gasteiger partial charge in [0.15, 0.2) is 5.78 Å². The number of rotatable bonds is 3. The van der Waals surface area contributed by atoms with Crippen molar-refractivity contribution in [3.8, 4) is 0 Å². The van der Waals surface area contributed by atoms with Crippen LogP contribution in [0, 0.1) is 10.1 Å². The number of methoxy groups -OCH3 is 1. The van der Waals surface area contributed by atoms with Crippen LogP contribution < -0.4 is 5.32 Å². The third-order valence-electron chi connectivity index (χ3n) is 4.60. The molecule has 0 radical (unpaired) electrons. The van der Waals surface area contributed by atoms with Crippen molar-refractivity contribution in [3.63, 3.8) is 0 Å². The molecule has 3 rings (SSSR count). The van der Waals surface area contributed by atoms with E-state index in [1.807, 2.05) is 0 Å². The molecule has 1 aromatic rings. The highest BCUT2D eigenvalue weighted by molar-refractivity contribution is 6.03. The highest BCUT2D eigenvalue weighted by Crippen LogP contribution is 2.42. The summed E-state index contributed by atoms with van der Waals surface area (Å²) < 4.78 is 4.90. The number of nitrogens with zero attached hydrogens (tertiary/aromatic N) is 1. The number of ether oxygens (including phenoxy) is 1. The van der Waals surface area contributed by atoms with Crippen LogP contribution in [0.3, 0.4) is 0 Å². The minimum atomic E-state index is -0.656. The van der Waals surface area contributed by atoms with Crippen LogP contribution in [0.15, 0.2) is 46.8 Å². The number of dihydropyridines is 1. The van der Waals surface area contributed by atoms with Gasteiger partial charge in [-0.2, -0.15) is 0 Å². The van der Waals surface area contributed by atoms with Crippen LogP contribution in [0.4, 0.5) is 5.69 Å². The molecule has 0 aromatic heterocycles. The summed E-state index contributed by atoms with van der Waals surface area (Å²) in [5, 5.41) is 14.3. The zero-order valence-electron chi connectivity index (χ0n) is 14.0. The van der Waals surface area contributed by atoms with Crippen molar-refractivity contribution >= 4 is 17.4 Å². The zero-order chi connectivity index (χ0) is 18.1. The van der Waals surface area contributed by atoms with Crippen LogP contribution in [-0.2, 0) is 14.3 Å². The molecule has 1 aliphatic carbocycles. The molecule has 7 nitrogen and oxygen atoms in total. The number of carbonyl (C=O) groups is 2. The molecule has 0 amide bonds. The predicted octanol–water partition coefficient (Wildman–Crippen LogP) is 2.74. The molecule has 0 unspecified atom stereocenters.